The van der Waals surface area contributed by atoms with Crippen molar-refractivity contribution in [3.8, 4) is 16.8 Å². The van der Waals surface area contributed by atoms with Gasteiger partial charge in [-0.25, -0.2) is 19.4 Å². The van der Waals surface area contributed by atoms with E-state index in [1.165, 1.54) is 19.4 Å². The van der Waals surface area contributed by atoms with E-state index >= 15 is 0 Å². The minimum atomic E-state index is -0.983. The van der Waals surface area contributed by atoms with Crippen molar-refractivity contribution in [1.29, 1.82) is 0 Å². The normalized spacial score (nSPS) is 15.3. The highest BCUT2D eigenvalue weighted by molar-refractivity contribution is 5.90. The Bertz CT molecular complexity index is 1810. The van der Waals surface area contributed by atoms with Crippen LogP contribution < -0.4 is 5.69 Å². The molecule has 0 aliphatic carbocycles. The Morgan fingerprint density at radius 1 is 0.951 bits per heavy atom. The topological polar surface area (TPSA) is 120 Å². The number of esters is 1. The number of hydrogen-bond acceptors (Lipinski definition) is 7. The number of carbonyl (C=O) groups excluding carboxylic acids is 1. The summed E-state index contributed by atoms with van der Waals surface area (Å²) in [6, 6.07) is 21.6. The first kappa shape index (κ1) is 26.1. The third kappa shape index (κ3) is 5.01. The van der Waals surface area contributed by atoms with Crippen molar-refractivity contribution in [3.05, 3.63) is 112 Å². The van der Waals surface area contributed by atoms with Gasteiger partial charge in [0.15, 0.2) is 5.65 Å². The van der Waals surface area contributed by atoms with Gasteiger partial charge in [-0.1, -0.05) is 24.3 Å². The highest BCUT2D eigenvalue weighted by atomic mass is 16.5. The van der Waals surface area contributed by atoms with Crippen LogP contribution in [0.2, 0.25) is 0 Å². The second-order valence-electron chi connectivity index (χ2n) is 9.97. The average Bonchev–Trinajstić information content (AvgIpc) is 3.57. The van der Waals surface area contributed by atoms with Crippen LogP contribution in [0.25, 0.3) is 28.0 Å². The minimum absolute atomic E-state index is 0.0867. The predicted molar refractivity (Wildman–Crippen MR) is 152 cm³/mol. The Morgan fingerprint density at radius 2 is 1.68 bits per heavy atom. The number of carboxylic acids is 1. The van der Waals surface area contributed by atoms with Crippen LogP contribution in [-0.4, -0.2) is 61.2 Å². The van der Waals surface area contributed by atoms with Crippen LogP contribution in [0.15, 0.2) is 90.0 Å². The fourth-order valence-electron chi connectivity index (χ4n) is 5.44. The van der Waals surface area contributed by atoms with E-state index < -0.39 is 5.97 Å². The van der Waals surface area contributed by atoms with Crippen LogP contribution in [0.4, 0.5) is 0 Å². The standard InChI is InChI=1S/C31H27N5O5/c1-41-30(39)22-6-4-20(5-7-22)21-8-10-25(11-9-21)35-27-3-2-14-33-28(27)36(31(35)40)26-13-16-34(19-26)18-24-17-23(29(37)38)12-15-32-24/h2-12,14-15,17,26H,13,16,18-19H2,1H3,(H,37,38)/t26-/m0/s1. The van der Waals surface area contributed by atoms with Gasteiger partial charge in [0.1, 0.15) is 0 Å². The third-order valence-corrected chi connectivity index (χ3v) is 7.46. The van der Waals surface area contributed by atoms with Crippen LogP contribution >= 0.6 is 0 Å². The molecule has 1 N–H and O–H groups in total. The number of aromatic nitrogens is 4. The molecule has 0 amide bonds. The quantitative estimate of drug-likeness (QED) is 0.300. The molecule has 2 aromatic carbocycles. The molecule has 3 aromatic heterocycles. The SMILES string of the molecule is COC(=O)c1ccc(-c2ccc(-n3c(=O)n([C@H]4CCN(Cc5cc(C(=O)O)ccn5)C4)c4ncccc43)cc2)cc1. The number of benzene rings is 2. The molecule has 10 heteroatoms. The van der Waals surface area contributed by atoms with Gasteiger partial charge in [-0.3, -0.25) is 19.0 Å². The van der Waals surface area contributed by atoms with Gasteiger partial charge in [0, 0.05) is 32.0 Å². The summed E-state index contributed by atoms with van der Waals surface area (Å²) < 4.78 is 8.23. The number of ether oxygens (including phenoxy) is 1. The van der Waals surface area contributed by atoms with E-state index in [0.29, 0.717) is 30.0 Å². The molecule has 1 aliphatic rings. The van der Waals surface area contributed by atoms with E-state index in [1.54, 1.807) is 33.5 Å². The van der Waals surface area contributed by atoms with Gasteiger partial charge < -0.3 is 9.84 Å². The van der Waals surface area contributed by atoms with Gasteiger partial charge in [-0.15, -0.1) is 0 Å². The molecular formula is C31H27N5O5. The smallest absolute Gasteiger partial charge is 0.337 e. The lowest BCUT2D eigenvalue weighted by Gasteiger charge is -2.16. The van der Waals surface area contributed by atoms with E-state index in [1.807, 2.05) is 48.5 Å². The van der Waals surface area contributed by atoms with Gasteiger partial charge in [-0.2, -0.15) is 0 Å². The Morgan fingerprint density at radius 3 is 2.39 bits per heavy atom. The van der Waals surface area contributed by atoms with Gasteiger partial charge in [0.05, 0.1) is 41.2 Å². The second kappa shape index (κ2) is 10.8. The molecule has 0 saturated carbocycles. The van der Waals surface area contributed by atoms with Crippen LogP contribution in [0.5, 0.6) is 0 Å². The number of imidazole rings is 1. The van der Waals surface area contributed by atoms with Crippen LogP contribution in [0.3, 0.4) is 0 Å². The molecule has 1 atom stereocenters. The number of aromatic carboxylic acids is 1. The molecule has 0 spiro atoms. The Kier molecular flexibility index (Phi) is 6.90. The number of carbonyl (C=O) groups is 2. The summed E-state index contributed by atoms with van der Waals surface area (Å²) in [4.78, 5) is 48.1. The zero-order chi connectivity index (χ0) is 28.5. The molecule has 1 fully saturated rings. The summed E-state index contributed by atoms with van der Waals surface area (Å²) >= 11 is 0. The van der Waals surface area contributed by atoms with E-state index in [4.69, 9.17) is 4.74 Å². The lowest BCUT2D eigenvalue weighted by atomic mass is 10.0. The molecule has 5 aromatic rings. The van der Waals surface area contributed by atoms with Crippen LogP contribution in [-0.2, 0) is 11.3 Å². The lowest BCUT2D eigenvalue weighted by Crippen LogP contribution is -2.29. The summed E-state index contributed by atoms with van der Waals surface area (Å²) in [6.07, 6.45) is 3.96. The Labute approximate surface area is 235 Å². The first-order valence-electron chi connectivity index (χ1n) is 13.2. The zero-order valence-electron chi connectivity index (χ0n) is 22.3. The second-order valence-corrected chi connectivity index (χ2v) is 9.97. The van der Waals surface area contributed by atoms with Crippen LogP contribution in [0, 0.1) is 0 Å². The predicted octanol–water partition coefficient (Wildman–Crippen LogP) is 4.18. The maximum atomic E-state index is 13.9. The molecule has 0 unspecified atom stereocenters. The molecule has 41 heavy (non-hydrogen) atoms. The first-order chi connectivity index (χ1) is 19.9. The van der Waals surface area contributed by atoms with Gasteiger partial charge in [-0.05, 0) is 66.1 Å². The van der Waals surface area contributed by atoms with Crippen molar-refractivity contribution in [2.24, 2.45) is 0 Å². The maximum absolute atomic E-state index is 13.9. The lowest BCUT2D eigenvalue weighted by molar-refractivity contribution is 0.0599. The van der Waals surface area contributed by atoms with Gasteiger partial charge in [0.2, 0.25) is 0 Å². The largest absolute Gasteiger partial charge is 0.478 e. The number of likely N-dealkylation sites (tertiary alicyclic amines) is 1. The minimum Gasteiger partial charge on any atom is -0.478 e. The van der Waals surface area contributed by atoms with Crippen molar-refractivity contribution in [2.45, 2.75) is 19.0 Å². The summed E-state index contributed by atoms with van der Waals surface area (Å²) in [7, 11) is 1.35. The molecule has 10 nitrogen and oxygen atoms in total. The molecule has 0 radical (unpaired) electrons. The van der Waals surface area contributed by atoms with Crippen molar-refractivity contribution < 1.29 is 19.4 Å². The van der Waals surface area contributed by atoms with Gasteiger partial charge in [0.25, 0.3) is 0 Å². The highest BCUT2D eigenvalue weighted by Gasteiger charge is 2.29. The number of pyridine rings is 2. The number of rotatable bonds is 7. The van der Waals surface area contributed by atoms with Gasteiger partial charge >= 0.3 is 17.6 Å². The molecule has 1 saturated heterocycles. The summed E-state index contributed by atoms with van der Waals surface area (Å²) in [5, 5.41) is 9.29. The summed E-state index contributed by atoms with van der Waals surface area (Å²) in [6.45, 7) is 1.87. The average molecular weight is 550 g/mol. The van der Waals surface area contributed by atoms with Crippen LogP contribution in [0.1, 0.15) is 38.9 Å². The molecular weight excluding hydrogens is 522 g/mol. The van der Waals surface area contributed by atoms with E-state index in [-0.39, 0.29) is 23.3 Å². The Balaban J connectivity index is 1.27. The summed E-state index contributed by atoms with van der Waals surface area (Å²) in [5.41, 5.74) is 5.17. The number of hydrogen-bond donors (Lipinski definition) is 1. The number of nitrogens with zero attached hydrogens (tertiary/aromatic N) is 5. The highest BCUT2D eigenvalue weighted by Crippen LogP contribution is 2.27. The van der Waals surface area contributed by atoms with Crippen molar-refractivity contribution in [3.63, 3.8) is 0 Å². The van der Waals surface area contributed by atoms with E-state index in [2.05, 4.69) is 14.9 Å². The molecule has 6 rings (SSSR count). The molecule has 206 valence electrons. The molecule has 0 bridgehead atoms. The number of methoxy groups -OCH3 is 1. The van der Waals surface area contributed by atoms with E-state index in [9.17, 15) is 19.5 Å². The Hall–Kier alpha value is -5.09. The van der Waals surface area contributed by atoms with E-state index in [0.717, 1.165) is 35.3 Å². The number of carboxylic acid groups (broad SMARTS) is 1. The number of fused-ring (bicyclic) bond motifs is 1. The van der Waals surface area contributed by atoms with Crippen molar-refractivity contribution in [2.75, 3.05) is 20.2 Å². The van der Waals surface area contributed by atoms with Crippen molar-refractivity contribution in [1.82, 2.24) is 24.0 Å². The van der Waals surface area contributed by atoms with Crippen molar-refractivity contribution >= 4 is 23.1 Å². The summed E-state index contributed by atoms with van der Waals surface area (Å²) in [5.74, 6) is -1.37. The maximum Gasteiger partial charge on any atom is 0.337 e. The fraction of sp³-hybridized carbons (Fsp3) is 0.194. The zero-order valence-corrected chi connectivity index (χ0v) is 22.3. The molecule has 4 heterocycles. The monoisotopic (exact) mass is 549 g/mol. The fourth-order valence-corrected chi connectivity index (χ4v) is 5.44. The first-order valence-corrected chi connectivity index (χ1v) is 13.2. The molecule has 1 aliphatic heterocycles. The third-order valence-electron chi connectivity index (χ3n) is 7.46.